The quantitative estimate of drug-likeness (QED) is 0.572. The number of aromatic nitrogens is 3. The number of aryl methyl sites for hydroxylation is 1. The number of carbonyl (C=O) groups excluding carboxylic acids is 1. The van der Waals surface area contributed by atoms with E-state index in [1.54, 1.807) is 17.0 Å². The van der Waals surface area contributed by atoms with Crippen molar-refractivity contribution in [2.75, 3.05) is 11.1 Å². The third-order valence-corrected chi connectivity index (χ3v) is 6.03. The van der Waals surface area contributed by atoms with Crippen LogP contribution in [0.3, 0.4) is 0 Å². The Bertz CT molecular complexity index is 1110. The Morgan fingerprint density at radius 2 is 1.96 bits per heavy atom. The minimum atomic E-state index is -3.77. The lowest BCUT2D eigenvalue weighted by Crippen LogP contribution is -2.15. The van der Waals surface area contributed by atoms with Crippen LogP contribution in [0.4, 0.5) is 5.69 Å². The Morgan fingerprint density at radius 1 is 1.25 bits per heavy atom. The Balaban J connectivity index is 1.64. The molecule has 0 radical (unpaired) electrons. The van der Waals surface area contributed by atoms with Crippen molar-refractivity contribution in [1.29, 1.82) is 0 Å². The molecule has 146 valence electrons. The molecule has 2 aromatic carbocycles. The zero-order valence-electron chi connectivity index (χ0n) is 14.7. The van der Waals surface area contributed by atoms with Gasteiger partial charge < -0.3 is 5.32 Å². The number of carbonyl (C=O) groups is 1. The zero-order chi connectivity index (χ0) is 20.3. The van der Waals surface area contributed by atoms with Crippen molar-refractivity contribution >= 4 is 45.0 Å². The standard InChI is InChI=1S/C17H16ClN5O3S2/c1-11-2-5-13(8-15(11)18)23-10-20-22-17(23)27-9-16(24)21-12-3-6-14(7-4-12)28(19,25)26/h2-8,10H,9H2,1H3,(H,21,24)(H2,19,25,26). The summed E-state index contributed by atoms with van der Waals surface area (Å²) in [5.74, 6) is -0.181. The van der Waals surface area contributed by atoms with Crippen molar-refractivity contribution in [3.8, 4) is 5.69 Å². The van der Waals surface area contributed by atoms with E-state index in [1.165, 1.54) is 36.0 Å². The van der Waals surface area contributed by atoms with Gasteiger partial charge >= 0.3 is 0 Å². The molecule has 0 spiro atoms. The van der Waals surface area contributed by atoms with Gasteiger partial charge in [-0.15, -0.1) is 10.2 Å². The lowest BCUT2D eigenvalue weighted by atomic mass is 10.2. The molecule has 0 atom stereocenters. The van der Waals surface area contributed by atoms with Gasteiger partial charge in [0.1, 0.15) is 6.33 Å². The van der Waals surface area contributed by atoms with Crippen molar-refractivity contribution in [2.45, 2.75) is 17.0 Å². The van der Waals surface area contributed by atoms with Gasteiger partial charge in [0.15, 0.2) is 5.16 Å². The van der Waals surface area contributed by atoms with Crippen LogP contribution in [0.1, 0.15) is 5.56 Å². The number of anilines is 1. The molecule has 0 bridgehead atoms. The third-order valence-electron chi connectivity index (χ3n) is 3.75. The maximum atomic E-state index is 12.2. The molecule has 3 N–H and O–H groups in total. The van der Waals surface area contributed by atoms with Crippen LogP contribution in [0, 0.1) is 6.92 Å². The van der Waals surface area contributed by atoms with Crippen LogP contribution in [0.2, 0.25) is 5.02 Å². The highest BCUT2D eigenvalue weighted by molar-refractivity contribution is 7.99. The van der Waals surface area contributed by atoms with E-state index in [2.05, 4.69) is 15.5 Å². The molecule has 0 aliphatic heterocycles. The SMILES string of the molecule is Cc1ccc(-n2cnnc2SCC(=O)Nc2ccc(S(N)(=O)=O)cc2)cc1Cl. The number of rotatable bonds is 6. The second-order valence-corrected chi connectivity index (χ2v) is 8.73. The number of primary sulfonamides is 1. The van der Waals surface area contributed by atoms with E-state index in [-0.39, 0.29) is 16.6 Å². The van der Waals surface area contributed by atoms with Gasteiger partial charge in [-0.05, 0) is 48.9 Å². The number of sulfonamides is 1. The fourth-order valence-corrected chi connectivity index (χ4v) is 3.71. The highest BCUT2D eigenvalue weighted by atomic mass is 35.5. The van der Waals surface area contributed by atoms with E-state index in [4.69, 9.17) is 16.7 Å². The van der Waals surface area contributed by atoms with Crippen molar-refractivity contribution in [3.05, 3.63) is 59.4 Å². The normalized spacial score (nSPS) is 11.4. The average Bonchev–Trinajstić information content (AvgIpc) is 3.10. The smallest absolute Gasteiger partial charge is 0.238 e. The van der Waals surface area contributed by atoms with Crippen LogP contribution in [-0.4, -0.2) is 34.8 Å². The van der Waals surface area contributed by atoms with Crippen molar-refractivity contribution in [3.63, 3.8) is 0 Å². The summed E-state index contributed by atoms with van der Waals surface area (Å²) in [5, 5.41) is 16.8. The Hall–Kier alpha value is -2.40. The number of halogens is 1. The topological polar surface area (TPSA) is 120 Å². The van der Waals surface area contributed by atoms with E-state index < -0.39 is 10.0 Å². The van der Waals surface area contributed by atoms with Gasteiger partial charge in [0.2, 0.25) is 15.9 Å². The zero-order valence-corrected chi connectivity index (χ0v) is 17.1. The van der Waals surface area contributed by atoms with Crippen LogP contribution in [-0.2, 0) is 14.8 Å². The molecule has 1 heterocycles. The van der Waals surface area contributed by atoms with E-state index in [9.17, 15) is 13.2 Å². The van der Waals surface area contributed by atoms with Crippen LogP contribution in [0.15, 0.2) is 58.8 Å². The maximum absolute atomic E-state index is 12.2. The van der Waals surface area contributed by atoms with E-state index >= 15 is 0 Å². The predicted octanol–water partition coefficient (Wildman–Crippen LogP) is 2.61. The minimum absolute atomic E-state index is 0.0234. The monoisotopic (exact) mass is 437 g/mol. The van der Waals surface area contributed by atoms with Crippen molar-refractivity contribution in [1.82, 2.24) is 14.8 Å². The van der Waals surface area contributed by atoms with Crippen molar-refractivity contribution in [2.24, 2.45) is 5.14 Å². The summed E-state index contributed by atoms with van der Waals surface area (Å²) in [6.07, 6.45) is 1.55. The minimum Gasteiger partial charge on any atom is -0.325 e. The number of nitrogens with zero attached hydrogens (tertiary/aromatic N) is 3. The maximum Gasteiger partial charge on any atom is 0.238 e. The number of nitrogens with two attached hydrogens (primary N) is 1. The van der Waals surface area contributed by atoms with Gasteiger partial charge in [0.05, 0.1) is 16.3 Å². The van der Waals surface area contributed by atoms with Crippen molar-refractivity contribution < 1.29 is 13.2 Å². The molecule has 0 saturated carbocycles. The molecule has 3 rings (SSSR count). The van der Waals surface area contributed by atoms with E-state index in [1.807, 2.05) is 19.1 Å². The molecule has 3 aromatic rings. The van der Waals surface area contributed by atoms with Gasteiger partial charge in [0.25, 0.3) is 0 Å². The number of nitrogens with one attached hydrogen (secondary N) is 1. The second-order valence-electron chi connectivity index (χ2n) is 5.82. The highest BCUT2D eigenvalue weighted by Crippen LogP contribution is 2.24. The van der Waals surface area contributed by atoms with Gasteiger partial charge in [-0.3, -0.25) is 9.36 Å². The van der Waals surface area contributed by atoms with E-state index in [0.29, 0.717) is 15.9 Å². The lowest BCUT2D eigenvalue weighted by Gasteiger charge is -2.08. The van der Waals surface area contributed by atoms with Gasteiger partial charge in [0, 0.05) is 10.7 Å². The first-order chi connectivity index (χ1) is 13.2. The predicted molar refractivity (Wildman–Crippen MR) is 108 cm³/mol. The number of benzene rings is 2. The molecular formula is C17H16ClN5O3S2. The number of thioether (sulfide) groups is 1. The van der Waals surface area contributed by atoms with Gasteiger partial charge in [-0.25, -0.2) is 13.6 Å². The number of hydrogen-bond donors (Lipinski definition) is 2. The number of amides is 1. The summed E-state index contributed by atoms with van der Waals surface area (Å²) in [4.78, 5) is 12.2. The second kappa shape index (κ2) is 8.31. The molecule has 28 heavy (non-hydrogen) atoms. The van der Waals surface area contributed by atoms with Gasteiger partial charge in [-0.2, -0.15) is 0 Å². The summed E-state index contributed by atoms with van der Waals surface area (Å²) >= 11 is 7.38. The first kappa shape index (κ1) is 20.3. The molecule has 8 nitrogen and oxygen atoms in total. The summed E-state index contributed by atoms with van der Waals surface area (Å²) in [6, 6.07) is 11.2. The summed E-state index contributed by atoms with van der Waals surface area (Å²) in [5.41, 5.74) is 2.22. The first-order valence-electron chi connectivity index (χ1n) is 7.96. The molecule has 0 fully saturated rings. The highest BCUT2D eigenvalue weighted by Gasteiger charge is 2.12. The Labute approximate surface area is 171 Å². The molecule has 0 aliphatic rings. The van der Waals surface area contributed by atoms with Crippen LogP contribution >= 0.6 is 23.4 Å². The molecule has 0 saturated heterocycles. The third kappa shape index (κ3) is 4.90. The molecule has 11 heteroatoms. The Morgan fingerprint density at radius 3 is 2.61 bits per heavy atom. The fraction of sp³-hybridized carbons (Fsp3) is 0.118. The largest absolute Gasteiger partial charge is 0.325 e. The summed E-state index contributed by atoms with van der Waals surface area (Å²) in [7, 11) is -3.77. The molecule has 0 unspecified atom stereocenters. The molecular weight excluding hydrogens is 422 g/mol. The first-order valence-corrected chi connectivity index (χ1v) is 10.9. The molecule has 1 aromatic heterocycles. The van der Waals surface area contributed by atoms with Crippen LogP contribution in [0.5, 0.6) is 0 Å². The molecule has 1 amide bonds. The summed E-state index contributed by atoms with van der Waals surface area (Å²) < 4.78 is 24.2. The lowest BCUT2D eigenvalue weighted by molar-refractivity contribution is -0.113. The summed E-state index contributed by atoms with van der Waals surface area (Å²) in [6.45, 7) is 1.91. The van der Waals surface area contributed by atoms with Crippen LogP contribution < -0.4 is 10.5 Å². The van der Waals surface area contributed by atoms with Crippen LogP contribution in [0.25, 0.3) is 5.69 Å². The fourth-order valence-electron chi connectivity index (χ4n) is 2.29. The van der Waals surface area contributed by atoms with E-state index in [0.717, 1.165) is 11.3 Å². The average molecular weight is 438 g/mol. The van der Waals surface area contributed by atoms with Gasteiger partial charge in [-0.1, -0.05) is 29.4 Å². The number of hydrogen-bond acceptors (Lipinski definition) is 6. The molecule has 0 aliphatic carbocycles. The Kier molecular flexibility index (Phi) is 6.04.